The molecule has 1 unspecified atom stereocenters. The molecule has 4 nitrogen and oxygen atoms in total. The number of nitrogens with zero attached hydrogens (tertiary/aromatic N) is 2. The second kappa shape index (κ2) is 10.6. The molecule has 1 saturated heterocycles. The number of aliphatic imine (C=N–C) groups is 1. The SMILES string of the molecule is CCNC(=NCC(C)(C)c1cccs1)NCC1CCN(CC)C1.I. The van der Waals surface area contributed by atoms with Crippen LogP contribution in [-0.4, -0.2) is 50.1 Å². The van der Waals surface area contributed by atoms with Crippen LogP contribution < -0.4 is 10.6 Å². The fourth-order valence-corrected chi connectivity index (χ4v) is 3.81. The highest BCUT2D eigenvalue weighted by atomic mass is 127. The molecule has 0 aliphatic carbocycles. The van der Waals surface area contributed by atoms with Crippen LogP contribution in [0.4, 0.5) is 0 Å². The average Bonchev–Trinajstić information content (AvgIpc) is 3.21. The van der Waals surface area contributed by atoms with E-state index in [-0.39, 0.29) is 29.4 Å². The highest BCUT2D eigenvalue weighted by molar-refractivity contribution is 14.0. The minimum absolute atomic E-state index is 0. The predicted octanol–water partition coefficient (Wildman–Crippen LogP) is 3.54. The number of hydrogen-bond donors (Lipinski definition) is 2. The van der Waals surface area contributed by atoms with Crippen molar-refractivity contribution in [2.75, 3.05) is 39.3 Å². The van der Waals surface area contributed by atoms with Crippen LogP contribution in [0.2, 0.25) is 0 Å². The van der Waals surface area contributed by atoms with Gasteiger partial charge in [0, 0.05) is 29.9 Å². The Morgan fingerprint density at radius 3 is 2.75 bits per heavy atom. The van der Waals surface area contributed by atoms with E-state index in [1.807, 2.05) is 11.3 Å². The van der Waals surface area contributed by atoms with E-state index in [0.717, 1.165) is 31.5 Å². The van der Waals surface area contributed by atoms with Gasteiger partial charge in [-0.05, 0) is 43.8 Å². The molecule has 138 valence electrons. The molecule has 1 aromatic heterocycles. The number of rotatable bonds is 7. The largest absolute Gasteiger partial charge is 0.357 e. The molecule has 0 saturated carbocycles. The fourth-order valence-electron chi connectivity index (χ4n) is 2.97. The zero-order valence-corrected chi connectivity index (χ0v) is 18.6. The number of hydrogen-bond acceptors (Lipinski definition) is 3. The van der Waals surface area contributed by atoms with Crippen LogP contribution in [0.15, 0.2) is 22.5 Å². The summed E-state index contributed by atoms with van der Waals surface area (Å²) in [5.74, 6) is 1.69. The monoisotopic (exact) mass is 464 g/mol. The van der Waals surface area contributed by atoms with Gasteiger partial charge in [0.15, 0.2) is 5.96 Å². The van der Waals surface area contributed by atoms with E-state index < -0.39 is 0 Å². The number of halogens is 1. The number of nitrogens with one attached hydrogen (secondary N) is 2. The van der Waals surface area contributed by atoms with E-state index in [1.165, 1.54) is 30.9 Å². The summed E-state index contributed by atoms with van der Waals surface area (Å²) in [6, 6.07) is 4.33. The van der Waals surface area contributed by atoms with E-state index >= 15 is 0 Å². The Bertz CT molecular complexity index is 487. The maximum Gasteiger partial charge on any atom is 0.191 e. The highest BCUT2D eigenvalue weighted by Gasteiger charge is 2.23. The molecule has 2 heterocycles. The summed E-state index contributed by atoms with van der Waals surface area (Å²) in [6.07, 6.45) is 1.29. The van der Waals surface area contributed by atoms with Gasteiger partial charge in [-0.15, -0.1) is 35.3 Å². The average molecular weight is 464 g/mol. The second-order valence-electron chi connectivity index (χ2n) is 6.99. The smallest absolute Gasteiger partial charge is 0.191 e. The quantitative estimate of drug-likeness (QED) is 0.369. The number of guanidine groups is 1. The maximum absolute atomic E-state index is 4.83. The molecular formula is C18H33IN4S. The molecule has 1 fully saturated rings. The highest BCUT2D eigenvalue weighted by Crippen LogP contribution is 2.27. The van der Waals surface area contributed by atoms with Crippen molar-refractivity contribution in [1.29, 1.82) is 0 Å². The summed E-state index contributed by atoms with van der Waals surface area (Å²) < 4.78 is 0. The number of thiophene rings is 1. The van der Waals surface area contributed by atoms with Crippen LogP contribution in [0.3, 0.4) is 0 Å². The van der Waals surface area contributed by atoms with Gasteiger partial charge < -0.3 is 15.5 Å². The van der Waals surface area contributed by atoms with E-state index in [2.05, 4.69) is 60.7 Å². The van der Waals surface area contributed by atoms with Gasteiger partial charge in [-0.25, -0.2) is 0 Å². The third-order valence-corrected chi connectivity index (χ3v) is 5.78. The third-order valence-electron chi connectivity index (χ3n) is 4.54. The normalized spacial score (nSPS) is 19.2. The molecule has 1 aliphatic heterocycles. The molecular weight excluding hydrogens is 431 g/mol. The summed E-state index contributed by atoms with van der Waals surface area (Å²) in [7, 11) is 0. The first kappa shape index (κ1) is 21.7. The molecule has 6 heteroatoms. The molecule has 24 heavy (non-hydrogen) atoms. The topological polar surface area (TPSA) is 39.7 Å². The molecule has 0 bridgehead atoms. The van der Waals surface area contributed by atoms with Crippen LogP contribution in [0.1, 0.15) is 39.0 Å². The lowest BCUT2D eigenvalue weighted by Gasteiger charge is -2.22. The van der Waals surface area contributed by atoms with Crippen LogP contribution in [0.25, 0.3) is 0 Å². The Balaban J connectivity index is 0.00000288. The number of likely N-dealkylation sites (tertiary alicyclic amines) is 1. The van der Waals surface area contributed by atoms with Crippen molar-refractivity contribution in [3.05, 3.63) is 22.4 Å². The van der Waals surface area contributed by atoms with Crippen LogP contribution in [0, 0.1) is 5.92 Å². The van der Waals surface area contributed by atoms with Gasteiger partial charge in [0.05, 0.1) is 6.54 Å². The molecule has 1 aromatic rings. The van der Waals surface area contributed by atoms with Crippen LogP contribution >= 0.6 is 35.3 Å². The molecule has 0 aromatic carbocycles. The Hall–Kier alpha value is -0.340. The molecule has 0 spiro atoms. The maximum atomic E-state index is 4.83. The van der Waals surface area contributed by atoms with Crippen LogP contribution in [-0.2, 0) is 5.41 Å². The zero-order chi connectivity index (χ0) is 16.7. The minimum Gasteiger partial charge on any atom is -0.357 e. The standard InChI is InChI=1S/C18H32N4S.HI/c1-5-19-17(20-12-15-9-10-22(6-2)13-15)21-14-18(3,4)16-8-7-11-23-16;/h7-8,11,15H,5-6,9-10,12-14H2,1-4H3,(H2,19,20,21);1H. The van der Waals surface area contributed by atoms with E-state index in [9.17, 15) is 0 Å². The van der Waals surface area contributed by atoms with Crippen molar-refractivity contribution in [3.63, 3.8) is 0 Å². The molecule has 0 amide bonds. The molecule has 2 N–H and O–H groups in total. The van der Waals surface area contributed by atoms with Crippen LogP contribution in [0.5, 0.6) is 0 Å². The van der Waals surface area contributed by atoms with Crippen molar-refractivity contribution < 1.29 is 0 Å². The zero-order valence-electron chi connectivity index (χ0n) is 15.5. The van der Waals surface area contributed by atoms with Crippen molar-refractivity contribution in [3.8, 4) is 0 Å². The first-order chi connectivity index (χ1) is 11.0. The molecule has 0 radical (unpaired) electrons. The van der Waals surface area contributed by atoms with Crippen molar-refractivity contribution in [2.24, 2.45) is 10.9 Å². The predicted molar refractivity (Wildman–Crippen MR) is 117 cm³/mol. The van der Waals surface area contributed by atoms with Gasteiger partial charge in [0.1, 0.15) is 0 Å². The van der Waals surface area contributed by atoms with Gasteiger partial charge in [0.25, 0.3) is 0 Å². The van der Waals surface area contributed by atoms with E-state index in [1.54, 1.807) is 0 Å². The van der Waals surface area contributed by atoms with Gasteiger partial charge in [0.2, 0.25) is 0 Å². The van der Waals surface area contributed by atoms with E-state index in [0.29, 0.717) is 0 Å². The second-order valence-corrected chi connectivity index (χ2v) is 7.93. The Morgan fingerprint density at radius 1 is 1.38 bits per heavy atom. The summed E-state index contributed by atoms with van der Waals surface area (Å²) in [6.45, 7) is 15.2. The van der Waals surface area contributed by atoms with Crippen molar-refractivity contribution >= 4 is 41.3 Å². The Kier molecular flexibility index (Phi) is 9.59. The molecule has 1 atom stereocenters. The Morgan fingerprint density at radius 2 is 2.17 bits per heavy atom. The van der Waals surface area contributed by atoms with Gasteiger partial charge >= 0.3 is 0 Å². The lowest BCUT2D eigenvalue weighted by atomic mass is 9.92. The van der Waals surface area contributed by atoms with Crippen molar-refractivity contribution in [2.45, 2.75) is 39.5 Å². The summed E-state index contributed by atoms with van der Waals surface area (Å²) in [5.41, 5.74) is 0.0862. The lowest BCUT2D eigenvalue weighted by molar-refractivity contribution is 0.341. The summed E-state index contributed by atoms with van der Waals surface area (Å²) in [4.78, 5) is 8.75. The first-order valence-corrected chi connectivity index (χ1v) is 9.71. The fraction of sp³-hybridized carbons (Fsp3) is 0.722. The lowest BCUT2D eigenvalue weighted by Crippen LogP contribution is -2.41. The van der Waals surface area contributed by atoms with E-state index in [4.69, 9.17) is 4.99 Å². The summed E-state index contributed by atoms with van der Waals surface area (Å²) >= 11 is 1.82. The Labute approximate surface area is 168 Å². The molecule has 1 aliphatic rings. The third kappa shape index (κ3) is 6.52. The minimum atomic E-state index is 0. The molecule has 2 rings (SSSR count). The van der Waals surface area contributed by atoms with Gasteiger partial charge in [-0.2, -0.15) is 0 Å². The summed E-state index contributed by atoms with van der Waals surface area (Å²) in [5, 5.41) is 9.06. The van der Waals surface area contributed by atoms with Crippen molar-refractivity contribution in [1.82, 2.24) is 15.5 Å². The van der Waals surface area contributed by atoms with Gasteiger partial charge in [-0.1, -0.05) is 26.8 Å². The van der Waals surface area contributed by atoms with Gasteiger partial charge in [-0.3, -0.25) is 4.99 Å². The first-order valence-electron chi connectivity index (χ1n) is 8.83.